The van der Waals surface area contributed by atoms with E-state index in [0.717, 1.165) is 5.56 Å². The van der Waals surface area contributed by atoms with Crippen LogP contribution in [0.5, 0.6) is 11.6 Å². The largest absolute Gasteiger partial charge is 0.494 e. The Bertz CT molecular complexity index is 1300. The van der Waals surface area contributed by atoms with Crippen molar-refractivity contribution in [2.24, 2.45) is 0 Å². The third-order valence-corrected chi connectivity index (χ3v) is 5.67. The molecule has 160 valence electrons. The molecule has 0 spiro atoms. The predicted octanol–water partition coefficient (Wildman–Crippen LogP) is 6.01. The number of carbonyl (C=O) groups is 1. The summed E-state index contributed by atoms with van der Waals surface area (Å²) in [5.74, 6) is 0.695. The molecule has 4 rings (SSSR count). The van der Waals surface area contributed by atoms with Gasteiger partial charge in [-0.05, 0) is 24.3 Å². The lowest BCUT2D eigenvalue weighted by Gasteiger charge is -2.16. The fraction of sp³-hybridized carbons (Fsp3) is 0.0833. The van der Waals surface area contributed by atoms with Crippen molar-refractivity contribution in [3.05, 3.63) is 76.7 Å². The second-order valence-electron chi connectivity index (χ2n) is 6.69. The number of carbonyl (C=O) groups excluding carboxylic acids is 1. The first-order chi connectivity index (χ1) is 15.6. The minimum absolute atomic E-state index is 0.220. The van der Waals surface area contributed by atoms with Crippen molar-refractivity contribution in [2.45, 2.75) is 0 Å². The molecule has 0 unspecified atom stereocenters. The maximum atomic E-state index is 11.2. The number of benzene rings is 1. The number of halogens is 2. The number of hydrogen-bond acceptors (Lipinski definition) is 6. The van der Waals surface area contributed by atoms with E-state index in [-0.39, 0.29) is 5.88 Å². The standard InChI is InChI=1S/C24H17Cl2N3O3/c1-31-19-12-28-23(14-5-4-10-27-11-14)22(26)20(19)17-7-3-6-16(21(17)25)18-9-8-15(13-30)24(29-18)32-2/h3-13H,1-2H3. The Morgan fingerprint density at radius 2 is 1.72 bits per heavy atom. The summed E-state index contributed by atoms with van der Waals surface area (Å²) < 4.78 is 10.8. The molecule has 0 aliphatic heterocycles. The van der Waals surface area contributed by atoms with Crippen molar-refractivity contribution in [3.63, 3.8) is 0 Å². The average molecular weight is 466 g/mol. The molecule has 3 heterocycles. The Morgan fingerprint density at radius 1 is 0.906 bits per heavy atom. The van der Waals surface area contributed by atoms with Gasteiger partial charge in [0.2, 0.25) is 5.88 Å². The van der Waals surface area contributed by atoms with E-state index in [4.69, 9.17) is 32.7 Å². The molecular weight excluding hydrogens is 449 g/mol. The Morgan fingerprint density at radius 3 is 2.41 bits per heavy atom. The molecule has 0 aliphatic carbocycles. The molecule has 4 aromatic rings. The third-order valence-electron chi connectivity index (χ3n) is 4.89. The summed E-state index contributed by atoms with van der Waals surface area (Å²) in [6.07, 6.45) is 5.66. The minimum Gasteiger partial charge on any atom is -0.494 e. The fourth-order valence-corrected chi connectivity index (χ4v) is 4.03. The van der Waals surface area contributed by atoms with Crippen LogP contribution in [0.3, 0.4) is 0 Å². The van der Waals surface area contributed by atoms with Crippen LogP contribution in [0.25, 0.3) is 33.6 Å². The number of methoxy groups -OCH3 is 2. The molecule has 0 N–H and O–H groups in total. The molecule has 0 aliphatic rings. The molecule has 1 aromatic carbocycles. The van der Waals surface area contributed by atoms with E-state index in [1.807, 2.05) is 30.3 Å². The molecule has 0 saturated carbocycles. The quantitative estimate of drug-likeness (QED) is 0.324. The summed E-state index contributed by atoms with van der Waals surface area (Å²) in [6, 6.07) is 12.6. The van der Waals surface area contributed by atoms with Gasteiger partial charge in [0.05, 0.1) is 47.4 Å². The zero-order valence-corrected chi connectivity index (χ0v) is 18.7. The topological polar surface area (TPSA) is 74.2 Å². The van der Waals surface area contributed by atoms with Crippen LogP contribution < -0.4 is 9.47 Å². The van der Waals surface area contributed by atoms with E-state index in [9.17, 15) is 4.79 Å². The summed E-state index contributed by atoms with van der Waals surface area (Å²) in [6.45, 7) is 0. The average Bonchev–Trinajstić information content (AvgIpc) is 2.84. The van der Waals surface area contributed by atoms with Crippen LogP contribution in [0, 0.1) is 0 Å². The van der Waals surface area contributed by atoms with Crippen molar-refractivity contribution in [1.29, 1.82) is 0 Å². The van der Waals surface area contributed by atoms with E-state index >= 15 is 0 Å². The molecule has 6 nitrogen and oxygen atoms in total. The lowest BCUT2D eigenvalue weighted by atomic mass is 9.99. The number of ether oxygens (including phenoxy) is 2. The van der Waals surface area contributed by atoms with Crippen LogP contribution in [-0.2, 0) is 0 Å². The van der Waals surface area contributed by atoms with Crippen LogP contribution in [0.15, 0.2) is 61.1 Å². The van der Waals surface area contributed by atoms with Crippen molar-refractivity contribution >= 4 is 29.5 Å². The maximum absolute atomic E-state index is 11.2. The van der Waals surface area contributed by atoms with Crippen molar-refractivity contribution < 1.29 is 14.3 Å². The fourth-order valence-electron chi connectivity index (χ4n) is 3.36. The number of pyridine rings is 3. The third kappa shape index (κ3) is 3.90. The summed E-state index contributed by atoms with van der Waals surface area (Å²) in [7, 11) is 3.00. The molecule has 0 radical (unpaired) electrons. The maximum Gasteiger partial charge on any atom is 0.224 e. The van der Waals surface area contributed by atoms with Gasteiger partial charge in [-0.3, -0.25) is 14.8 Å². The number of aromatic nitrogens is 3. The Balaban J connectivity index is 1.92. The van der Waals surface area contributed by atoms with Crippen molar-refractivity contribution in [1.82, 2.24) is 15.0 Å². The van der Waals surface area contributed by atoms with Crippen LogP contribution in [0.4, 0.5) is 0 Å². The van der Waals surface area contributed by atoms with E-state index in [1.54, 1.807) is 37.8 Å². The van der Waals surface area contributed by atoms with Gasteiger partial charge in [0.15, 0.2) is 6.29 Å². The normalized spacial score (nSPS) is 10.6. The second-order valence-corrected chi connectivity index (χ2v) is 7.44. The monoisotopic (exact) mass is 465 g/mol. The van der Waals surface area contributed by atoms with Crippen LogP contribution in [0.2, 0.25) is 10.0 Å². The second kappa shape index (κ2) is 9.34. The van der Waals surface area contributed by atoms with Gasteiger partial charge < -0.3 is 9.47 Å². The molecule has 0 fully saturated rings. The first-order valence-electron chi connectivity index (χ1n) is 9.51. The molecule has 0 saturated heterocycles. The number of hydrogen-bond donors (Lipinski definition) is 0. The number of rotatable bonds is 6. The van der Waals surface area contributed by atoms with Crippen LogP contribution in [-0.4, -0.2) is 35.5 Å². The first-order valence-corrected chi connectivity index (χ1v) is 10.3. The minimum atomic E-state index is 0.220. The van der Waals surface area contributed by atoms with Gasteiger partial charge in [-0.15, -0.1) is 0 Å². The summed E-state index contributed by atoms with van der Waals surface area (Å²) in [4.78, 5) is 24.3. The zero-order chi connectivity index (χ0) is 22.7. The zero-order valence-electron chi connectivity index (χ0n) is 17.2. The van der Waals surface area contributed by atoms with E-state index < -0.39 is 0 Å². The van der Waals surface area contributed by atoms with Gasteiger partial charge in [0.1, 0.15) is 5.75 Å². The molecule has 0 bridgehead atoms. The molecule has 8 heteroatoms. The van der Waals surface area contributed by atoms with Crippen LogP contribution in [0.1, 0.15) is 10.4 Å². The van der Waals surface area contributed by atoms with Gasteiger partial charge in [0, 0.05) is 34.6 Å². The van der Waals surface area contributed by atoms with Crippen molar-refractivity contribution in [3.8, 4) is 45.3 Å². The van der Waals surface area contributed by atoms with Gasteiger partial charge in [-0.1, -0.05) is 41.4 Å². The van der Waals surface area contributed by atoms with E-state index in [0.29, 0.717) is 55.7 Å². The lowest BCUT2D eigenvalue weighted by molar-refractivity contribution is 0.112. The van der Waals surface area contributed by atoms with Crippen molar-refractivity contribution in [2.75, 3.05) is 14.2 Å². The Hall–Kier alpha value is -3.48. The first kappa shape index (κ1) is 21.7. The highest BCUT2D eigenvalue weighted by Gasteiger charge is 2.21. The summed E-state index contributed by atoms with van der Waals surface area (Å²) >= 11 is 13.7. The molecular formula is C24H17Cl2N3O3. The van der Waals surface area contributed by atoms with E-state index in [2.05, 4.69) is 15.0 Å². The molecule has 3 aromatic heterocycles. The Kier molecular flexibility index (Phi) is 6.35. The molecule has 0 amide bonds. The SMILES string of the molecule is COc1cnc(-c2cccnc2)c(Cl)c1-c1cccc(-c2ccc(C=O)c(OC)n2)c1Cl. The van der Waals surface area contributed by atoms with Gasteiger partial charge in [-0.2, -0.15) is 0 Å². The van der Waals surface area contributed by atoms with Gasteiger partial charge in [-0.25, -0.2) is 4.98 Å². The summed E-state index contributed by atoms with van der Waals surface area (Å²) in [5, 5.41) is 0.808. The van der Waals surface area contributed by atoms with E-state index in [1.165, 1.54) is 7.11 Å². The predicted molar refractivity (Wildman–Crippen MR) is 125 cm³/mol. The molecule has 0 atom stereocenters. The van der Waals surface area contributed by atoms with Crippen LogP contribution >= 0.6 is 23.2 Å². The smallest absolute Gasteiger partial charge is 0.224 e. The number of aldehydes is 1. The lowest BCUT2D eigenvalue weighted by Crippen LogP contribution is -1.98. The summed E-state index contributed by atoms with van der Waals surface area (Å²) in [5.41, 5.74) is 4.14. The highest BCUT2D eigenvalue weighted by molar-refractivity contribution is 6.39. The van der Waals surface area contributed by atoms with Gasteiger partial charge >= 0.3 is 0 Å². The Labute approximate surface area is 194 Å². The highest BCUT2D eigenvalue weighted by Crippen LogP contribution is 2.45. The molecule has 32 heavy (non-hydrogen) atoms. The number of nitrogens with zero attached hydrogens (tertiary/aromatic N) is 3. The highest BCUT2D eigenvalue weighted by atomic mass is 35.5. The van der Waals surface area contributed by atoms with Gasteiger partial charge in [0.25, 0.3) is 0 Å².